The average molecular weight is 282 g/mol. The summed E-state index contributed by atoms with van der Waals surface area (Å²) >= 11 is 0. The number of carboxylic acid groups (broad SMARTS) is 1. The highest BCUT2D eigenvalue weighted by Gasteiger charge is 2.38. The lowest BCUT2D eigenvalue weighted by molar-refractivity contribution is -0.141. The van der Waals surface area contributed by atoms with Crippen LogP contribution in [0.2, 0.25) is 0 Å². The molecule has 0 aliphatic carbocycles. The maximum atomic E-state index is 11.9. The van der Waals surface area contributed by atoms with Crippen molar-refractivity contribution in [3.8, 4) is 0 Å². The molecule has 2 rings (SSSR count). The first-order valence-electron chi connectivity index (χ1n) is 6.41. The van der Waals surface area contributed by atoms with E-state index in [4.69, 9.17) is 5.11 Å². The van der Waals surface area contributed by atoms with E-state index in [1.807, 2.05) is 19.3 Å². The summed E-state index contributed by atoms with van der Waals surface area (Å²) < 4.78 is 1.68. The smallest absolute Gasteiger partial charge is 0.326 e. The Kier molecular flexibility index (Phi) is 4.23. The number of aryl methyl sites for hydroxylation is 1. The van der Waals surface area contributed by atoms with E-state index in [2.05, 4.69) is 10.4 Å². The largest absolute Gasteiger partial charge is 0.480 e. The fourth-order valence-electron chi connectivity index (χ4n) is 2.27. The monoisotopic (exact) mass is 282 g/mol. The molecule has 0 radical (unpaired) electrons. The van der Waals surface area contributed by atoms with Crippen molar-refractivity contribution < 1.29 is 19.8 Å². The molecule has 3 N–H and O–H groups in total. The second-order valence-electron chi connectivity index (χ2n) is 4.86. The van der Waals surface area contributed by atoms with Gasteiger partial charge in [-0.05, 0) is 6.07 Å². The van der Waals surface area contributed by atoms with Gasteiger partial charge in [-0.3, -0.25) is 4.68 Å². The van der Waals surface area contributed by atoms with Gasteiger partial charge in [0.05, 0.1) is 11.8 Å². The van der Waals surface area contributed by atoms with Gasteiger partial charge >= 0.3 is 12.0 Å². The van der Waals surface area contributed by atoms with E-state index < -0.39 is 24.1 Å². The molecule has 2 amide bonds. The van der Waals surface area contributed by atoms with E-state index in [0.717, 1.165) is 10.6 Å². The van der Waals surface area contributed by atoms with Crippen LogP contribution in [0.3, 0.4) is 0 Å². The fraction of sp³-hybridized carbons (Fsp3) is 0.583. The third kappa shape index (κ3) is 3.27. The second kappa shape index (κ2) is 5.91. The van der Waals surface area contributed by atoms with Gasteiger partial charge in [0.1, 0.15) is 6.04 Å². The van der Waals surface area contributed by atoms with Crippen molar-refractivity contribution in [2.24, 2.45) is 7.05 Å². The third-order valence-electron chi connectivity index (χ3n) is 3.25. The van der Waals surface area contributed by atoms with E-state index >= 15 is 0 Å². The Hall–Kier alpha value is -2.09. The molecule has 8 heteroatoms. The number of carbonyl (C=O) groups excluding carboxylic acids is 1. The first-order valence-corrected chi connectivity index (χ1v) is 6.41. The summed E-state index contributed by atoms with van der Waals surface area (Å²) in [6, 6.07) is 0.427. The Balaban J connectivity index is 1.83. The zero-order valence-corrected chi connectivity index (χ0v) is 11.2. The standard InChI is InChI=1S/C12H18N4O4/c1-15-5-3-8(14-15)2-4-13-12(20)16-7-9(17)6-10(16)11(18)19/h3,5,9-10,17H,2,4,6-7H2,1H3,(H,13,20)(H,18,19)/t9?,10-/m0/s1. The minimum Gasteiger partial charge on any atom is -0.480 e. The maximum Gasteiger partial charge on any atom is 0.326 e. The number of likely N-dealkylation sites (tertiary alicyclic amines) is 1. The summed E-state index contributed by atoms with van der Waals surface area (Å²) in [5, 5.41) is 25.3. The zero-order valence-electron chi connectivity index (χ0n) is 11.2. The number of hydrogen-bond acceptors (Lipinski definition) is 4. The van der Waals surface area contributed by atoms with Crippen molar-refractivity contribution in [3.05, 3.63) is 18.0 Å². The summed E-state index contributed by atoms with van der Waals surface area (Å²) in [5.74, 6) is -1.10. The molecule has 0 aromatic carbocycles. The molecule has 0 saturated carbocycles. The predicted octanol–water partition coefficient (Wildman–Crippen LogP) is -0.808. The van der Waals surface area contributed by atoms with Gasteiger partial charge in [-0.1, -0.05) is 0 Å². The van der Waals surface area contributed by atoms with Crippen molar-refractivity contribution in [2.75, 3.05) is 13.1 Å². The van der Waals surface area contributed by atoms with Crippen LogP contribution in [0.4, 0.5) is 4.79 Å². The number of aliphatic hydroxyl groups excluding tert-OH is 1. The van der Waals surface area contributed by atoms with Crippen LogP contribution in [0.15, 0.2) is 12.3 Å². The van der Waals surface area contributed by atoms with Crippen LogP contribution in [0.25, 0.3) is 0 Å². The number of nitrogens with one attached hydrogen (secondary N) is 1. The number of nitrogens with zero attached hydrogens (tertiary/aromatic N) is 3. The van der Waals surface area contributed by atoms with Gasteiger partial charge in [-0.25, -0.2) is 9.59 Å². The second-order valence-corrected chi connectivity index (χ2v) is 4.86. The Morgan fingerprint density at radius 2 is 2.30 bits per heavy atom. The lowest BCUT2D eigenvalue weighted by Gasteiger charge is -2.21. The van der Waals surface area contributed by atoms with Gasteiger partial charge in [0.2, 0.25) is 0 Å². The molecule has 20 heavy (non-hydrogen) atoms. The molecule has 8 nitrogen and oxygen atoms in total. The van der Waals surface area contributed by atoms with Crippen molar-refractivity contribution in [2.45, 2.75) is 25.0 Å². The van der Waals surface area contributed by atoms with E-state index in [1.54, 1.807) is 4.68 Å². The lowest BCUT2D eigenvalue weighted by Crippen LogP contribution is -2.46. The maximum absolute atomic E-state index is 11.9. The van der Waals surface area contributed by atoms with Gasteiger partial charge in [0, 0.05) is 39.2 Å². The van der Waals surface area contributed by atoms with E-state index in [9.17, 15) is 14.7 Å². The molecule has 1 saturated heterocycles. The quantitative estimate of drug-likeness (QED) is 0.669. The fourth-order valence-corrected chi connectivity index (χ4v) is 2.27. The van der Waals surface area contributed by atoms with Crippen molar-refractivity contribution in [1.82, 2.24) is 20.0 Å². The summed E-state index contributed by atoms with van der Waals surface area (Å²) in [6.45, 7) is 0.418. The van der Waals surface area contributed by atoms with Crippen molar-refractivity contribution in [1.29, 1.82) is 0 Å². The van der Waals surface area contributed by atoms with Crippen LogP contribution >= 0.6 is 0 Å². The van der Waals surface area contributed by atoms with Crippen LogP contribution in [0.1, 0.15) is 12.1 Å². The number of aliphatic hydroxyl groups is 1. The van der Waals surface area contributed by atoms with Crippen LogP contribution in [0.5, 0.6) is 0 Å². The Morgan fingerprint density at radius 3 is 2.90 bits per heavy atom. The van der Waals surface area contributed by atoms with Crippen LogP contribution in [-0.2, 0) is 18.3 Å². The molecule has 2 atom stereocenters. The zero-order chi connectivity index (χ0) is 14.7. The summed E-state index contributed by atoms with van der Waals surface area (Å²) in [4.78, 5) is 24.1. The number of urea groups is 1. The van der Waals surface area contributed by atoms with Crippen molar-refractivity contribution >= 4 is 12.0 Å². The summed E-state index contributed by atoms with van der Waals surface area (Å²) in [5.41, 5.74) is 0.851. The third-order valence-corrected chi connectivity index (χ3v) is 3.25. The predicted molar refractivity (Wildman–Crippen MR) is 69.1 cm³/mol. The normalized spacial score (nSPS) is 22.0. The highest BCUT2D eigenvalue weighted by molar-refractivity contribution is 5.83. The molecule has 0 bridgehead atoms. The molecule has 1 fully saturated rings. The van der Waals surface area contributed by atoms with Crippen LogP contribution < -0.4 is 5.32 Å². The topological polar surface area (TPSA) is 108 Å². The molecular weight excluding hydrogens is 264 g/mol. The van der Waals surface area contributed by atoms with Gasteiger partial charge in [-0.15, -0.1) is 0 Å². The number of β-amino-alcohol motifs (C(OH)–C–C–N with tert-alkyl or cyclic N) is 1. The first kappa shape index (κ1) is 14.3. The minimum absolute atomic E-state index is 0.0480. The highest BCUT2D eigenvalue weighted by Crippen LogP contribution is 2.17. The number of aromatic nitrogens is 2. The van der Waals surface area contributed by atoms with Crippen molar-refractivity contribution in [3.63, 3.8) is 0 Å². The van der Waals surface area contributed by atoms with Gasteiger partial charge in [0.25, 0.3) is 0 Å². The van der Waals surface area contributed by atoms with E-state index in [-0.39, 0.29) is 13.0 Å². The number of carboxylic acids is 1. The SMILES string of the molecule is Cn1ccc(CCNC(=O)N2CC(O)C[C@H]2C(=O)O)n1. The lowest BCUT2D eigenvalue weighted by atomic mass is 10.2. The average Bonchev–Trinajstić information content (AvgIpc) is 2.95. The number of hydrogen-bond donors (Lipinski definition) is 3. The Bertz CT molecular complexity index is 501. The van der Waals surface area contributed by atoms with Crippen LogP contribution in [0, 0.1) is 0 Å². The molecule has 1 aromatic rings. The van der Waals surface area contributed by atoms with E-state index in [1.165, 1.54) is 0 Å². The minimum atomic E-state index is -1.10. The molecule has 2 heterocycles. The molecule has 1 unspecified atom stereocenters. The number of carbonyl (C=O) groups is 2. The Morgan fingerprint density at radius 1 is 1.55 bits per heavy atom. The highest BCUT2D eigenvalue weighted by atomic mass is 16.4. The summed E-state index contributed by atoms with van der Waals surface area (Å²) in [7, 11) is 1.81. The number of rotatable bonds is 4. The van der Waals surface area contributed by atoms with Crippen LogP contribution in [-0.4, -0.2) is 62.1 Å². The van der Waals surface area contributed by atoms with Gasteiger partial charge in [-0.2, -0.15) is 5.10 Å². The van der Waals surface area contributed by atoms with E-state index in [0.29, 0.717) is 13.0 Å². The molecule has 0 spiro atoms. The number of aliphatic carboxylic acids is 1. The summed E-state index contributed by atoms with van der Waals surface area (Å²) in [6.07, 6.45) is 1.68. The molecule has 1 aliphatic heterocycles. The molecular formula is C12H18N4O4. The van der Waals surface area contributed by atoms with Gasteiger partial charge in [0.15, 0.2) is 0 Å². The first-order chi connectivity index (χ1) is 9.47. The number of amides is 2. The molecule has 1 aliphatic rings. The molecule has 1 aromatic heterocycles. The van der Waals surface area contributed by atoms with Gasteiger partial charge < -0.3 is 20.4 Å². The molecule has 110 valence electrons. The Labute approximate surface area is 116 Å².